The molecular formula is C14H20N2O. The van der Waals surface area contributed by atoms with Crippen LogP contribution in [0.1, 0.15) is 36.5 Å². The van der Waals surface area contributed by atoms with E-state index >= 15 is 0 Å². The van der Waals surface area contributed by atoms with E-state index in [0.29, 0.717) is 0 Å². The summed E-state index contributed by atoms with van der Waals surface area (Å²) in [6.45, 7) is 2.08. The van der Waals surface area contributed by atoms with Crippen molar-refractivity contribution in [3.8, 4) is 0 Å². The summed E-state index contributed by atoms with van der Waals surface area (Å²) in [5, 5.41) is 6.08. The van der Waals surface area contributed by atoms with Crippen LogP contribution in [0.25, 0.3) is 0 Å². The van der Waals surface area contributed by atoms with E-state index in [2.05, 4.69) is 17.6 Å². The molecule has 1 atom stereocenters. The fourth-order valence-electron chi connectivity index (χ4n) is 2.01. The lowest BCUT2D eigenvalue weighted by Gasteiger charge is -2.13. The first-order valence-corrected chi connectivity index (χ1v) is 6.27. The summed E-state index contributed by atoms with van der Waals surface area (Å²) in [7, 11) is 1.87. The van der Waals surface area contributed by atoms with E-state index in [1.165, 1.54) is 12.8 Å². The molecule has 0 saturated heterocycles. The minimum absolute atomic E-state index is 0.0285. The number of nitrogens with one attached hydrogen (secondary N) is 2. The molecule has 1 aliphatic carbocycles. The number of anilines is 1. The number of benzene rings is 1. The van der Waals surface area contributed by atoms with Gasteiger partial charge in [0, 0.05) is 24.3 Å². The molecule has 1 unspecified atom stereocenters. The highest BCUT2D eigenvalue weighted by Gasteiger charge is 2.24. The highest BCUT2D eigenvalue weighted by Crippen LogP contribution is 2.33. The second-order valence-corrected chi connectivity index (χ2v) is 4.88. The third kappa shape index (κ3) is 3.48. The van der Waals surface area contributed by atoms with Crippen molar-refractivity contribution in [2.75, 3.05) is 12.4 Å². The van der Waals surface area contributed by atoms with Gasteiger partial charge in [-0.1, -0.05) is 12.8 Å². The molecule has 1 aromatic rings. The summed E-state index contributed by atoms with van der Waals surface area (Å²) in [6, 6.07) is 7.82. The molecule has 1 fully saturated rings. The topological polar surface area (TPSA) is 41.1 Å². The van der Waals surface area contributed by atoms with Crippen LogP contribution in [0.5, 0.6) is 0 Å². The van der Waals surface area contributed by atoms with Crippen LogP contribution in [0.2, 0.25) is 0 Å². The van der Waals surface area contributed by atoms with E-state index < -0.39 is 0 Å². The summed E-state index contributed by atoms with van der Waals surface area (Å²) in [5.41, 5.74) is 1.75. The average Bonchev–Trinajstić information content (AvgIpc) is 3.12. The number of carbonyl (C=O) groups excluding carboxylic acids is 1. The maximum atomic E-state index is 11.9. The molecule has 2 N–H and O–H groups in total. The highest BCUT2D eigenvalue weighted by molar-refractivity contribution is 5.94. The van der Waals surface area contributed by atoms with E-state index in [4.69, 9.17) is 0 Å². The summed E-state index contributed by atoms with van der Waals surface area (Å²) < 4.78 is 0. The summed E-state index contributed by atoms with van der Waals surface area (Å²) in [4.78, 5) is 11.9. The van der Waals surface area contributed by atoms with Crippen molar-refractivity contribution < 1.29 is 4.79 Å². The van der Waals surface area contributed by atoms with Gasteiger partial charge in [0.1, 0.15) is 0 Å². The molecule has 17 heavy (non-hydrogen) atoms. The van der Waals surface area contributed by atoms with Crippen molar-refractivity contribution in [2.24, 2.45) is 5.92 Å². The summed E-state index contributed by atoms with van der Waals surface area (Å²) >= 11 is 0. The molecular weight excluding hydrogens is 212 g/mol. The maximum absolute atomic E-state index is 11.9. The standard InChI is InChI=1S/C14H20N2O/c1-10(9-11-3-4-11)16-14(17)12-5-7-13(15-2)8-6-12/h5-8,10-11,15H,3-4,9H2,1-2H3,(H,16,17). The van der Waals surface area contributed by atoms with E-state index in [0.717, 1.165) is 23.6 Å². The molecule has 0 radical (unpaired) electrons. The second kappa shape index (κ2) is 5.21. The lowest BCUT2D eigenvalue weighted by Crippen LogP contribution is -2.32. The highest BCUT2D eigenvalue weighted by atomic mass is 16.1. The van der Waals surface area contributed by atoms with E-state index in [1.54, 1.807) is 0 Å². The van der Waals surface area contributed by atoms with Crippen LogP contribution >= 0.6 is 0 Å². The van der Waals surface area contributed by atoms with Gasteiger partial charge in [-0.05, 0) is 43.5 Å². The molecule has 1 amide bonds. The van der Waals surface area contributed by atoms with Gasteiger partial charge >= 0.3 is 0 Å². The Labute approximate surface area is 103 Å². The van der Waals surface area contributed by atoms with Crippen LogP contribution in [0, 0.1) is 5.92 Å². The van der Waals surface area contributed by atoms with Crippen molar-refractivity contribution in [2.45, 2.75) is 32.2 Å². The number of hydrogen-bond acceptors (Lipinski definition) is 2. The van der Waals surface area contributed by atoms with Gasteiger partial charge in [-0.15, -0.1) is 0 Å². The number of rotatable bonds is 5. The number of amides is 1. The van der Waals surface area contributed by atoms with Gasteiger partial charge in [-0.3, -0.25) is 4.79 Å². The largest absolute Gasteiger partial charge is 0.388 e. The smallest absolute Gasteiger partial charge is 0.251 e. The van der Waals surface area contributed by atoms with Gasteiger partial charge in [0.05, 0.1) is 0 Å². The van der Waals surface area contributed by atoms with Gasteiger partial charge in [-0.25, -0.2) is 0 Å². The summed E-state index contributed by atoms with van der Waals surface area (Å²) in [6.07, 6.45) is 3.77. The summed E-state index contributed by atoms with van der Waals surface area (Å²) in [5.74, 6) is 0.873. The molecule has 2 rings (SSSR count). The normalized spacial score (nSPS) is 16.4. The zero-order valence-corrected chi connectivity index (χ0v) is 10.5. The van der Waals surface area contributed by atoms with Crippen molar-refractivity contribution in [3.63, 3.8) is 0 Å². The zero-order valence-electron chi connectivity index (χ0n) is 10.5. The Kier molecular flexibility index (Phi) is 3.67. The predicted molar refractivity (Wildman–Crippen MR) is 70.3 cm³/mol. The van der Waals surface area contributed by atoms with Crippen LogP contribution in [-0.2, 0) is 0 Å². The molecule has 0 heterocycles. The van der Waals surface area contributed by atoms with Gasteiger partial charge in [0.2, 0.25) is 0 Å². The molecule has 0 aliphatic heterocycles. The molecule has 0 aromatic heterocycles. The van der Waals surface area contributed by atoms with Gasteiger partial charge in [0.15, 0.2) is 0 Å². The average molecular weight is 232 g/mol. The first kappa shape index (κ1) is 12.0. The Balaban J connectivity index is 1.88. The van der Waals surface area contributed by atoms with Crippen LogP contribution in [0.3, 0.4) is 0 Å². The molecule has 3 nitrogen and oxygen atoms in total. The van der Waals surface area contributed by atoms with E-state index in [1.807, 2.05) is 31.3 Å². The zero-order chi connectivity index (χ0) is 12.3. The van der Waals surface area contributed by atoms with Gasteiger partial charge in [-0.2, -0.15) is 0 Å². The van der Waals surface area contributed by atoms with Crippen molar-refractivity contribution >= 4 is 11.6 Å². The minimum Gasteiger partial charge on any atom is -0.388 e. The molecule has 92 valence electrons. The Bertz CT molecular complexity index is 382. The van der Waals surface area contributed by atoms with Crippen LogP contribution < -0.4 is 10.6 Å². The van der Waals surface area contributed by atoms with E-state index in [9.17, 15) is 4.79 Å². The molecule has 1 saturated carbocycles. The van der Waals surface area contributed by atoms with Crippen LogP contribution in [0.15, 0.2) is 24.3 Å². The Morgan fingerprint density at radius 3 is 2.53 bits per heavy atom. The number of carbonyl (C=O) groups is 1. The fourth-order valence-corrected chi connectivity index (χ4v) is 2.01. The third-order valence-corrected chi connectivity index (χ3v) is 3.20. The first-order chi connectivity index (χ1) is 8.19. The van der Waals surface area contributed by atoms with Crippen LogP contribution in [-0.4, -0.2) is 19.0 Å². The molecule has 1 aliphatic rings. The van der Waals surface area contributed by atoms with Gasteiger partial charge in [0.25, 0.3) is 5.91 Å². The van der Waals surface area contributed by atoms with E-state index in [-0.39, 0.29) is 11.9 Å². The minimum atomic E-state index is 0.0285. The molecule has 1 aromatic carbocycles. The molecule has 0 bridgehead atoms. The molecule has 3 heteroatoms. The fraction of sp³-hybridized carbons (Fsp3) is 0.500. The van der Waals surface area contributed by atoms with Gasteiger partial charge < -0.3 is 10.6 Å². The monoisotopic (exact) mass is 232 g/mol. The lowest BCUT2D eigenvalue weighted by atomic mass is 10.1. The van der Waals surface area contributed by atoms with Crippen molar-refractivity contribution in [1.82, 2.24) is 5.32 Å². The van der Waals surface area contributed by atoms with Crippen molar-refractivity contribution in [1.29, 1.82) is 0 Å². The van der Waals surface area contributed by atoms with Crippen molar-refractivity contribution in [3.05, 3.63) is 29.8 Å². The van der Waals surface area contributed by atoms with Crippen LogP contribution in [0.4, 0.5) is 5.69 Å². The Morgan fingerprint density at radius 1 is 1.35 bits per heavy atom. The predicted octanol–water partition coefficient (Wildman–Crippen LogP) is 2.65. The third-order valence-electron chi connectivity index (χ3n) is 3.20. The Morgan fingerprint density at radius 2 is 2.00 bits per heavy atom. The molecule has 0 spiro atoms. The SMILES string of the molecule is CNc1ccc(C(=O)NC(C)CC2CC2)cc1. The first-order valence-electron chi connectivity index (χ1n) is 6.27. The maximum Gasteiger partial charge on any atom is 0.251 e. The lowest BCUT2D eigenvalue weighted by molar-refractivity contribution is 0.0937. The Hall–Kier alpha value is -1.51. The quantitative estimate of drug-likeness (QED) is 0.819. The second-order valence-electron chi connectivity index (χ2n) is 4.88. The number of hydrogen-bond donors (Lipinski definition) is 2.